The van der Waals surface area contributed by atoms with E-state index in [-0.39, 0.29) is 0 Å². The van der Waals surface area contributed by atoms with Crippen molar-refractivity contribution in [3.05, 3.63) is 0 Å². The molecule has 1 heterocycles. The fraction of sp³-hybridized carbons (Fsp3) is 1.00. The first kappa shape index (κ1) is 19.8. The van der Waals surface area contributed by atoms with E-state index < -0.39 is 34.0 Å². The molecular formula is C13H34O4Si4. The van der Waals surface area contributed by atoms with Crippen LogP contribution < -0.4 is 0 Å². The summed E-state index contributed by atoms with van der Waals surface area (Å²) < 4.78 is 25.9. The van der Waals surface area contributed by atoms with E-state index in [0.29, 0.717) is 0 Å². The molecule has 0 spiro atoms. The third-order valence-electron chi connectivity index (χ3n) is 3.86. The third kappa shape index (κ3) is 6.38. The summed E-state index contributed by atoms with van der Waals surface area (Å²) in [7, 11) is -8.38. The van der Waals surface area contributed by atoms with Crippen LogP contribution in [0.3, 0.4) is 0 Å². The van der Waals surface area contributed by atoms with Crippen LogP contribution in [0.15, 0.2) is 0 Å². The predicted molar refractivity (Wildman–Crippen MR) is 97.6 cm³/mol. The van der Waals surface area contributed by atoms with E-state index >= 15 is 0 Å². The molecule has 0 bridgehead atoms. The molecule has 4 nitrogen and oxygen atoms in total. The molecule has 8 heteroatoms. The van der Waals surface area contributed by atoms with Crippen LogP contribution in [0, 0.1) is 0 Å². The van der Waals surface area contributed by atoms with Crippen LogP contribution in [-0.4, -0.2) is 40.2 Å². The lowest BCUT2D eigenvalue weighted by Gasteiger charge is -2.38. The zero-order valence-corrected chi connectivity index (χ0v) is 19.2. The minimum absolute atomic E-state index is 0.750. The smallest absolute Gasteiger partial charge is 0.325 e. The molecule has 0 radical (unpaired) electrons. The van der Waals surface area contributed by atoms with Crippen LogP contribution in [0.25, 0.3) is 0 Å². The average molecular weight is 367 g/mol. The van der Waals surface area contributed by atoms with Crippen molar-refractivity contribution in [1.82, 2.24) is 0 Å². The van der Waals surface area contributed by atoms with Crippen molar-refractivity contribution in [3.63, 3.8) is 0 Å². The van der Waals surface area contributed by atoms with E-state index in [1.807, 2.05) is 0 Å². The molecule has 0 N–H and O–H groups in total. The summed E-state index contributed by atoms with van der Waals surface area (Å²) in [4.78, 5) is 0. The molecule has 1 fully saturated rings. The lowest BCUT2D eigenvalue weighted by molar-refractivity contribution is 0.257. The first-order chi connectivity index (χ1) is 9.45. The fourth-order valence-corrected chi connectivity index (χ4v) is 22.9. The molecule has 1 aliphatic heterocycles. The Labute approximate surface area is 135 Å². The van der Waals surface area contributed by atoms with Crippen molar-refractivity contribution in [2.75, 3.05) is 6.23 Å². The van der Waals surface area contributed by atoms with Crippen molar-refractivity contribution < 1.29 is 16.8 Å². The maximum absolute atomic E-state index is 6.54. The van der Waals surface area contributed by atoms with Gasteiger partial charge in [0.1, 0.15) is 0 Å². The number of unbranched alkanes of at least 4 members (excludes halogenated alkanes) is 1. The molecule has 2 unspecified atom stereocenters. The Hall–Kier alpha value is 0.708. The SMILES string of the molecule is CCCC[Si]1(C)OC[Si](C)(CC)O[Si](C)(C)O[Si](C)(C)O1. The molecule has 0 amide bonds. The van der Waals surface area contributed by atoms with Crippen LogP contribution >= 0.6 is 0 Å². The third-order valence-corrected chi connectivity index (χ3v) is 20.0. The maximum Gasteiger partial charge on any atom is 0.325 e. The molecule has 0 aromatic heterocycles. The summed E-state index contributed by atoms with van der Waals surface area (Å²) in [5, 5.41) is 0. The zero-order valence-electron chi connectivity index (χ0n) is 15.2. The quantitative estimate of drug-likeness (QED) is 0.688. The Morgan fingerprint density at radius 3 is 1.90 bits per heavy atom. The van der Waals surface area contributed by atoms with Crippen molar-refractivity contribution in [2.45, 2.75) is 78.1 Å². The minimum Gasteiger partial charge on any atom is -0.434 e. The summed E-state index contributed by atoms with van der Waals surface area (Å²) in [5.74, 6) is 0. The van der Waals surface area contributed by atoms with Crippen LogP contribution in [0.4, 0.5) is 0 Å². The Morgan fingerprint density at radius 1 is 0.810 bits per heavy atom. The molecule has 21 heavy (non-hydrogen) atoms. The molecule has 0 aromatic rings. The predicted octanol–water partition coefficient (Wildman–Crippen LogP) is 4.48. The average Bonchev–Trinajstić information content (AvgIpc) is 2.33. The Kier molecular flexibility index (Phi) is 6.66. The van der Waals surface area contributed by atoms with Crippen molar-refractivity contribution in [3.8, 4) is 0 Å². The van der Waals surface area contributed by atoms with Gasteiger partial charge in [-0.3, -0.25) is 0 Å². The highest BCUT2D eigenvalue weighted by Crippen LogP contribution is 2.31. The van der Waals surface area contributed by atoms with E-state index in [1.165, 1.54) is 12.8 Å². The van der Waals surface area contributed by atoms with Gasteiger partial charge in [-0.1, -0.05) is 26.7 Å². The van der Waals surface area contributed by atoms with E-state index in [0.717, 1.165) is 18.3 Å². The largest absolute Gasteiger partial charge is 0.434 e. The van der Waals surface area contributed by atoms with Crippen molar-refractivity contribution in [2.24, 2.45) is 0 Å². The van der Waals surface area contributed by atoms with Gasteiger partial charge in [-0.05, 0) is 51.4 Å². The molecule has 1 aliphatic rings. The second-order valence-electron chi connectivity index (χ2n) is 7.44. The first-order valence-corrected chi connectivity index (χ1v) is 19.2. The topological polar surface area (TPSA) is 36.9 Å². The molecule has 0 aromatic carbocycles. The second kappa shape index (κ2) is 7.08. The molecular weight excluding hydrogens is 332 g/mol. The van der Waals surface area contributed by atoms with Crippen molar-refractivity contribution in [1.29, 1.82) is 0 Å². The van der Waals surface area contributed by atoms with Gasteiger partial charge in [-0.2, -0.15) is 0 Å². The molecule has 0 aliphatic carbocycles. The summed E-state index contributed by atoms with van der Waals surface area (Å²) in [6, 6.07) is 2.12. The van der Waals surface area contributed by atoms with Gasteiger partial charge in [0.05, 0.1) is 6.23 Å². The Balaban J connectivity index is 3.03. The summed E-state index contributed by atoms with van der Waals surface area (Å²) >= 11 is 0. The lowest BCUT2D eigenvalue weighted by atomic mass is 10.4. The number of hydrogen-bond acceptors (Lipinski definition) is 4. The van der Waals surface area contributed by atoms with Crippen LogP contribution in [0.5, 0.6) is 0 Å². The van der Waals surface area contributed by atoms with E-state index in [4.69, 9.17) is 16.8 Å². The van der Waals surface area contributed by atoms with E-state index in [1.54, 1.807) is 0 Å². The zero-order chi connectivity index (χ0) is 16.4. The van der Waals surface area contributed by atoms with E-state index in [2.05, 4.69) is 53.1 Å². The Morgan fingerprint density at radius 2 is 1.38 bits per heavy atom. The molecule has 0 saturated carbocycles. The highest BCUT2D eigenvalue weighted by atomic mass is 28.5. The summed E-state index contributed by atoms with van der Waals surface area (Å²) in [6.45, 7) is 17.5. The normalized spacial score (nSPS) is 36.6. The van der Waals surface area contributed by atoms with Crippen molar-refractivity contribution >= 4 is 34.0 Å². The van der Waals surface area contributed by atoms with Gasteiger partial charge in [0.2, 0.25) is 8.32 Å². The van der Waals surface area contributed by atoms with Gasteiger partial charge in [-0.15, -0.1) is 0 Å². The van der Waals surface area contributed by atoms with Gasteiger partial charge >= 0.3 is 25.7 Å². The highest BCUT2D eigenvalue weighted by molar-refractivity contribution is 6.90. The molecule has 1 rings (SSSR count). The van der Waals surface area contributed by atoms with Crippen LogP contribution in [0.1, 0.15) is 26.7 Å². The van der Waals surface area contributed by atoms with Crippen LogP contribution in [-0.2, 0) is 16.8 Å². The Bertz CT molecular complexity index is 353. The maximum atomic E-state index is 6.54. The van der Waals surface area contributed by atoms with Gasteiger partial charge in [0, 0.05) is 0 Å². The molecule has 126 valence electrons. The minimum atomic E-state index is -2.21. The van der Waals surface area contributed by atoms with E-state index in [9.17, 15) is 0 Å². The standard InChI is InChI=1S/C13H34O4Si4/c1-9-11-12-21(8)14-13-20(7,10-2)16-18(3,4)15-19(5,6)17-21/h9-13H2,1-8H3. The molecule has 2 atom stereocenters. The monoisotopic (exact) mass is 366 g/mol. The molecule has 1 saturated heterocycles. The van der Waals surface area contributed by atoms with Gasteiger partial charge < -0.3 is 16.8 Å². The van der Waals surface area contributed by atoms with Gasteiger partial charge in [0.25, 0.3) is 0 Å². The highest BCUT2D eigenvalue weighted by Gasteiger charge is 2.49. The second-order valence-corrected chi connectivity index (χ2v) is 22.4. The number of rotatable bonds is 4. The lowest BCUT2D eigenvalue weighted by Crippen LogP contribution is -2.55. The first-order valence-electron chi connectivity index (χ1n) is 8.19. The van der Waals surface area contributed by atoms with Crippen LogP contribution in [0.2, 0.25) is 51.4 Å². The summed E-state index contributed by atoms with van der Waals surface area (Å²) in [5.41, 5.74) is 0. The summed E-state index contributed by atoms with van der Waals surface area (Å²) in [6.07, 6.45) is 3.09. The number of hydrogen-bond donors (Lipinski definition) is 0. The van der Waals surface area contributed by atoms with Gasteiger partial charge in [0.15, 0.2) is 0 Å². The van der Waals surface area contributed by atoms with Gasteiger partial charge in [-0.25, -0.2) is 0 Å². The fourth-order valence-electron chi connectivity index (χ4n) is 2.91.